The molecule has 0 aliphatic rings. The zero-order valence-electron chi connectivity index (χ0n) is 22.9. The number of phenols is 3. The molecule has 37 heavy (non-hydrogen) atoms. The van der Waals surface area contributed by atoms with E-state index in [1.165, 1.54) is 0 Å². The maximum Gasteiger partial charge on any atom is 0.339 e. The van der Waals surface area contributed by atoms with E-state index in [2.05, 4.69) is 20.8 Å². The molecule has 5 nitrogen and oxygen atoms in total. The lowest BCUT2D eigenvalue weighted by Gasteiger charge is -2.27. The van der Waals surface area contributed by atoms with E-state index in [0.717, 1.165) is 59.1 Å². The summed E-state index contributed by atoms with van der Waals surface area (Å²) < 4.78 is 0. The molecule has 3 aromatic rings. The van der Waals surface area contributed by atoms with Gasteiger partial charge in [-0.25, -0.2) is 4.79 Å². The summed E-state index contributed by atoms with van der Waals surface area (Å²) in [4.78, 5) is 12.0. The van der Waals surface area contributed by atoms with Gasteiger partial charge in [-0.3, -0.25) is 0 Å². The van der Waals surface area contributed by atoms with Crippen LogP contribution in [0.2, 0.25) is 0 Å². The first-order valence-electron chi connectivity index (χ1n) is 13.0. The number of carboxylic acid groups (broad SMARTS) is 1. The second-order valence-electron chi connectivity index (χ2n) is 11.0. The molecular formula is C32H40O5. The number of phenolic OH excluding ortho intramolecular Hbond substituents is 2. The van der Waals surface area contributed by atoms with Crippen LogP contribution >= 0.6 is 0 Å². The Kier molecular flexibility index (Phi) is 8.57. The van der Waals surface area contributed by atoms with E-state index in [-0.39, 0.29) is 34.6 Å². The Morgan fingerprint density at radius 3 is 1.89 bits per heavy atom. The number of rotatable bonds is 10. The Labute approximate surface area is 220 Å². The standard InChI is InChI=1S/C32H40O5/c1-7-8-9-10-32(5,6)26-17-25(30(35)27(18-26)31(36)37)16-24-12-19(2)11-23(29(24)34)15-22-13-20(3)28(33)21(4)14-22/h11-14,17-18,33-35H,7-10,15-16H2,1-6H3,(H,36,37). The summed E-state index contributed by atoms with van der Waals surface area (Å²) in [6.45, 7) is 12.0. The van der Waals surface area contributed by atoms with Gasteiger partial charge in [0.05, 0.1) is 0 Å². The molecule has 0 aliphatic heterocycles. The molecular weight excluding hydrogens is 464 g/mol. The highest BCUT2D eigenvalue weighted by Gasteiger charge is 2.25. The van der Waals surface area contributed by atoms with Crippen LogP contribution in [-0.4, -0.2) is 26.4 Å². The van der Waals surface area contributed by atoms with Gasteiger partial charge in [-0.2, -0.15) is 0 Å². The van der Waals surface area contributed by atoms with Crippen LogP contribution in [0.1, 0.15) is 101 Å². The third-order valence-electron chi connectivity index (χ3n) is 7.34. The monoisotopic (exact) mass is 504 g/mol. The minimum atomic E-state index is -1.17. The molecule has 0 fully saturated rings. The Hall–Kier alpha value is -3.47. The van der Waals surface area contributed by atoms with E-state index >= 15 is 0 Å². The number of hydrogen-bond donors (Lipinski definition) is 4. The van der Waals surface area contributed by atoms with Gasteiger partial charge in [-0.1, -0.05) is 75.9 Å². The van der Waals surface area contributed by atoms with Crippen LogP contribution in [0.15, 0.2) is 36.4 Å². The van der Waals surface area contributed by atoms with E-state index in [0.29, 0.717) is 17.5 Å². The van der Waals surface area contributed by atoms with Crippen molar-refractivity contribution >= 4 is 5.97 Å². The quantitative estimate of drug-likeness (QED) is 0.215. The molecule has 0 bridgehead atoms. The molecule has 0 aliphatic carbocycles. The minimum Gasteiger partial charge on any atom is -0.507 e. The summed E-state index contributed by atoms with van der Waals surface area (Å²) >= 11 is 0. The van der Waals surface area contributed by atoms with Gasteiger partial charge in [0.1, 0.15) is 22.8 Å². The van der Waals surface area contributed by atoms with E-state index in [1.54, 1.807) is 6.07 Å². The number of unbranched alkanes of at least 4 members (excludes halogenated alkanes) is 2. The number of aromatic carboxylic acids is 1. The molecule has 3 rings (SSSR count). The van der Waals surface area contributed by atoms with Gasteiger partial charge < -0.3 is 20.4 Å². The Balaban J connectivity index is 2.03. The van der Waals surface area contributed by atoms with Crippen LogP contribution < -0.4 is 0 Å². The van der Waals surface area contributed by atoms with E-state index in [4.69, 9.17) is 0 Å². The lowest BCUT2D eigenvalue weighted by atomic mass is 9.78. The highest BCUT2D eigenvalue weighted by molar-refractivity contribution is 5.91. The fourth-order valence-electron chi connectivity index (χ4n) is 5.12. The lowest BCUT2D eigenvalue weighted by molar-refractivity contribution is 0.0693. The van der Waals surface area contributed by atoms with E-state index in [9.17, 15) is 25.2 Å². The molecule has 0 spiro atoms. The summed E-state index contributed by atoms with van der Waals surface area (Å²) in [6.07, 6.45) is 4.87. The molecule has 198 valence electrons. The number of benzene rings is 3. The molecule has 0 atom stereocenters. The minimum absolute atomic E-state index is 0.113. The van der Waals surface area contributed by atoms with E-state index in [1.807, 2.05) is 51.1 Å². The molecule has 0 saturated heterocycles. The smallest absolute Gasteiger partial charge is 0.339 e. The van der Waals surface area contributed by atoms with Crippen molar-refractivity contribution in [1.29, 1.82) is 0 Å². The molecule has 5 heteroatoms. The fraction of sp³-hybridized carbons (Fsp3) is 0.406. The number of aryl methyl sites for hydroxylation is 3. The normalized spacial score (nSPS) is 11.6. The van der Waals surface area contributed by atoms with Crippen molar-refractivity contribution in [2.24, 2.45) is 0 Å². The van der Waals surface area contributed by atoms with Gasteiger partial charge in [-0.15, -0.1) is 0 Å². The first kappa shape index (κ1) is 28.1. The summed E-state index contributed by atoms with van der Waals surface area (Å²) in [5.74, 6) is -1.01. The van der Waals surface area contributed by atoms with E-state index < -0.39 is 5.97 Å². The highest BCUT2D eigenvalue weighted by atomic mass is 16.4. The fourth-order valence-corrected chi connectivity index (χ4v) is 5.12. The molecule has 0 heterocycles. The maximum absolute atomic E-state index is 12.0. The topological polar surface area (TPSA) is 98.0 Å². The Bertz CT molecular complexity index is 1280. The van der Waals surface area contributed by atoms with Gasteiger partial charge in [0, 0.05) is 12.8 Å². The van der Waals surface area contributed by atoms with Crippen LogP contribution in [0.4, 0.5) is 0 Å². The van der Waals surface area contributed by atoms with Gasteiger partial charge in [0.25, 0.3) is 0 Å². The molecule has 0 amide bonds. The zero-order valence-corrected chi connectivity index (χ0v) is 22.9. The van der Waals surface area contributed by atoms with Crippen LogP contribution in [0.25, 0.3) is 0 Å². The Morgan fingerprint density at radius 2 is 1.32 bits per heavy atom. The number of aromatic hydroxyl groups is 3. The predicted molar refractivity (Wildman–Crippen MR) is 148 cm³/mol. The molecule has 0 unspecified atom stereocenters. The summed E-state index contributed by atoms with van der Waals surface area (Å²) in [6, 6.07) is 11.1. The van der Waals surface area contributed by atoms with Crippen molar-refractivity contribution < 1.29 is 25.2 Å². The largest absolute Gasteiger partial charge is 0.507 e. The molecule has 0 saturated carbocycles. The highest BCUT2D eigenvalue weighted by Crippen LogP contribution is 2.37. The molecule has 4 N–H and O–H groups in total. The van der Waals surface area contributed by atoms with Gasteiger partial charge in [0.2, 0.25) is 0 Å². The van der Waals surface area contributed by atoms with Crippen LogP contribution in [0.3, 0.4) is 0 Å². The van der Waals surface area contributed by atoms with Crippen molar-refractivity contribution in [3.05, 3.63) is 86.5 Å². The van der Waals surface area contributed by atoms with Crippen molar-refractivity contribution in [1.82, 2.24) is 0 Å². The maximum atomic E-state index is 12.0. The van der Waals surface area contributed by atoms with Crippen LogP contribution in [-0.2, 0) is 18.3 Å². The van der Waals surface area contributed by atoms with Crippen LogP contribution in [0, 0.1) is 20.8 Å². The molecule has 0 aromatic heterocycles. The summed E-state index contributed by atoms with van der Waals surface area (Å²) in [7, 11) is 0. The predicted octanol–water partition coefficient (Wildman–Crippen LogP) is 7.47. The van der Waals surface area contributed by atoms with Crippen molar-refractivity contribution in [3.63, 3.8) is 0 Å². The molecule has 3 aromatic carbocycles. The van der Waals surface area contributed by atoms with Crippen molar-refractivity contribution in [2.45, 2.75) is 85.5 Å². The van der Waals surface area contributed by atoms with Crippen molar-refractivity contribution in [3.8, 4) is 17.2 Å². The summed E-state index contributed by atoms with van der Waals surface area (Å²) in [5.41, 5.74) is 5.88. The second kappa shape index (κ2) is 11.3. The number of carbonyl (C=O) groups is 1. The second-order valence-corrected chi connectivity index (χ2v) is 11.0. The van der Waals surface area contributed by atoms with Gasteiger partial charge in [0.15, 0.2) is 0 Å². The Morgan fingerprint density at radius 1 is 0.757 bits per heavy atom. The number of hydrogen-bond acceptors (Lipinski definition) is 4. The average Bonchev–Trinajstić information content (AvgIpc) is 2.81. The summed E-state index contributed by atoms with van der Waals surface area (Å²) in [5, 5.41) is 42.0. The van der Waals surface area contributed by atoms with Crippen LogP contribution in [0.5, 0.6) is 17.2 Å². The van der Waals surface area contributed by atoms with Gasteiger partial charge in [-0.05, 0) is 77.6 Å². The third-order valence-corrected chi connectivity index (χ3v) is 7.34. The van der Waals surface area contributed by atoms with Crippen molar-refractivity contribution in [2.75, 3.05) is 0 Å². The first-order chi connectivity index (χ1) is 17.3. The zero-order chi connectivity index (χ0) is 27.5. The molecule has 0 radical (unpaired) electrons. The van der Waals surface area contributed by atoms with Gasteiger partial charge >= 0.3 is 5.97 Å². The SMILES string of the molecule is CCCCCC(C)(C)c1cc(Cc2cc(C)cc(Cc3cc(C)c(O)c(C)c3)c2O)c(O)c(C(=O)O)c1. The number of carboxylic acids is 1. The first-order valence-corrected chi connectivity index (χ1v) is 13.0. The average molecular weight is 505 g/mol. The lowest BCUT2D eigenvalue weighted by Crippen LogP contribution is -2.18. The third kappa shape index (κ3) is 6.46.